The highest BCUT2D eigenvalue weighted by molar-refractivity contribution is 7.85. The molecule has 17 heavy (non-hydrogen) atoms. The first-order chi connectivity index (χ1) is 8.27. The largest absolute Gasteiger partial charge is 0.383 e. The lowest BCUT2D eigenvalue weighted by Gasteiger charge is -2.24. The normalized spacial score (nSPS) is 21.3. The third-order valence-corrected chi connectivity index (χ3v) is 5.29. The molecule has 2 unspecified atom stereocenters. The first kappa shape index (κ1) is 15.1. The first-order valence-electron chi connectivity index (χ1n) is 6.87. The molecule has 0 saturated heterocycles. The minimum Gasteiger partial charge on any atom is -0.383 e. The SMILES string of the molecule is CCCNC(COC)CS(=O)C1CCCCC1. The van der Waals surface area contributed by atoms with Gasteiger partial charge in [-0.05, 0) is 25.8 Å². The van der Waals surface area contributed by atoms with Crippen molar-refractivity contribution in [3.63, 3.8) is 0 Å². The van der Waals surface area contributed by atoms with Crippen LogP contribution in [0.25, 0.3) is 0 Å². The summed E-state index contributed by atoms with van der Waals surface area (Å²) in [7, 11) is 1.03. The highest BCUT2D eigenvalue weighted by atomic mass is 32.2. The van der Waals surface area contributed by atoms with Gasteiger partial charge in [-0.25, -0.2) is 0 Å². The van der Waals surface area contributed by atoms with Crippen LogP contribution in [0.2, 0.25) is 0 Å². The van der Waals surface area contributed by atoms with E-state index in [4.69, 9.17) is 4.74 Å². The van der Waals surface area contributed by atoms with E-state index >= 15 is 0 Å². The summed E-state index contributed by atoms with van der Waals surface area (Å²) in [6.07, 6.45) is 7.25. The topological polar surface area (TPSA) is 38.3 Å². The third-order valence-electron chi connectivity index (χ3n) is 3.34. The number of methoxy groups -OCH3 is 1. The number of hydrogen-bond acceptors (Lipinski definition) is 3. The molecule has 0 aliphatic heterocycles. The maximum absolute atomic E-state index is 12.3. The zero-order valence-corrected chi connectivity index (χ0v) is 12.1. The molecular formula is C13H27NO2S. The Labute approximate surface area is 108 Å². The van der Waals surface area contributed by atoms with Gasteiger partial charge >= 0.3 is 0 Å². The molecule has 1 aliphatic rings. The monoisotopic (exact) mass is 261 g/mol. The van der Waals surface area contributed by atoms with Crippen LogP contribution in [0.15, 0.2) is 0 Å². The Bertz CT molecular complexity index is 217. The highest BCUT2D eigenvalue weighted by Gasteiger charge is 2.22. The smallest absolute Gasteiger partial charge is 0.0624 e. The number of ether oxygens (including phenoxy) is 1. The Hall–Kier alpha value is 0.0700. The van der Waals surface area contributed by atoms with Crippen LogP contribution in [0.3, 0.4) is 0 Å². The number of hydrogen-bond donors (Lipinski definition) is 1. The van der Waals surface area contributed by atoms with Gasteiger partial charge in [-0.1, -0.05) is 26.2 Å². The van der Waals surface area contributed by atoms with Crippen molar-refractivity contribution < 1.29 is 8.95 Å². The molecular weight excluding hydrogens is 234 g/mol. The molecule has 0 aromatic rings. The first-order valence-corrected chi connectivity index (χ1v) is 8.25. The molecule has 1 saturated carbocycles. The van der Waals surface area contributed by atoms with Crippen LogP contribution in [0.5, 0.6) is 0 Å². The Morgan fingerprint density at radius 2 is 2.06 bits per heavy atom. The van der Waals surface area contributed by atoms with Gasteiger partial charge in [0.1, 0.15) is 0 Å². The number of rotatable bonds is 8. The lowest BCUT2D eigenvalue weighted by atomic mass is 10.0. The van der Waals surface area contributed by atoms with Crippen LogP contribution < -0.4 is 5.32 Å². The molecule has 3 nitrogen and oxygen atoms in total. The van der Waals surface area contributed by atoms with Crippen LogP contribution in [-0.2, 0) is 15.5 Å². The molecule has 1 N–H and O–H groups in total. The van der Waals surface area contributed by atoms with Crippen molar-refractivity contribution in [3.05, 3.63) is 0 Å². The average molecular weight is 261 g/mol. The molecule has 4 heteroatoms. The summed E-state index contributed by atoms with van der Waals surface area (Å²) in [5.41, 5.74) is 0. The Kier molecular flexibility index (Phi) is 8.06. The van der Waals surface area contributed by atoms with Crippen molar-refractivity contribution in [1.82, 2.24) is 5.32 Å². The predicted molar refractivity (Wildman–Crippen MR) is 73.8 cm³/mol. The van der Waals surface area contributed by atoms with E-state index in [2.05, 4.69) is 12.2 Å². The standard InChI is InChI=1S/C13H27NO2S/c1-3-9-14-12(10-16-2)11-17(15)13-7-5-4-6-8-13/h12-14H,3-11H2,1-2H3. The molecule has 0 heterocycles. The summed E-state index contributed by atoms with van der Waals surface area (Å²) in [5, 5.41) is 3.86. The van der Waals surface area contributed by atoms with Gasteiger partial charge in [0.2, 0.25) is 0 Å². The molecule has 0 spiro atoms. The van der Waals surface area contributed by atoms with Gasteiger partial charge in [-0.3, -0.25) is 4.21 Å². The van der Waals surface area contributed by atoms with Gasteiger partial charge in [-0.2, -0.15) is 0 Å². The van der Waals surface area contributed by atoms with Crippen molar-refractivity contribution in [2.45, 2.75) is 56.7 Å². The van der Waals surface area contributed by atoms with E-state index in [1.165, 1.54) is 19.3 Å². The van der Waals surface area contributed by atoms with Gasteiger partial charge in [-0.15, -0.1) is 0 Å². The summed E-state index contributed by atoms with van der Waals surface area (Å²) in [5.74, 6) is 0.749. The van der Waals surface area contributed by atoms with E-state index in [9.17, 15) is 4.21 Å². The summed E-state index contributed by atoms with van der Waals surface area (Å²) >= 11 is 0. The van der Waals surface area contributed by atoms with Crippen molar-refractivity contribution in [1.29, 1.82) is 0 Å². The quantitative estimate of drug-likeness (QED) is 0.727. The van der Waals surface area contributed by atoms with Crippen LogP contribution in [-0.4, -0.2) is 41.5 Å². The van der Waals surface area contributed by atoms with E-state index in [1.807, 2.05) is 0 Å². The van der Waals surface area contributed by atoms with Crippen LogP contribution in [0.4, 0.5) is 0 Å². The molecule has 0 amide bonds. The lowest BCUT2D eigenvalue weighted by Crippen LogP contribution is -2.40. The maximum Gasteiger partial charge on any atom is 0.0624 e. The molecule has 2 atom stereocenters. The van der Waals surface area contributed by atoms with Crippen molar-refractivity contribution in [2.24, 2.45) is 0 Å². The molecule has 1 fully saturated rings. The molecule has 0 radical (unpaired) electrons. The van der Waals surface area contributed by atoms with E-state index in [1.54, 1.807) is 7.11 Å². The predicted octanol–water partition coefficient (Wildman–Crippen LogP) is 2.08. The molecule has 0 aromatic heterocycles. The summed E-state index contributed by atoms with van der Waals surface area (Å²) in [6.45, 7) is 3.79. The minimum absolute atomic E-state index is 0.253. The van der Waals surface area contributed by atoms with Crippen LogP contribution in [0.1, 0.15) is 45.4 Å². The summed E-state index contributed by atoms with van der Waals surface area (Å²) in [6, 6.07) is 0.253. The molecule has 1 rings (SSSR count). The van der Waals surface area contributed by atoms with E-state index in [0.29, 0.717) is 11.9 Å². The Balaban J connectivity index is 2.33. The zero-order chi connectivity index (χ0) is 12.5. The van der Waals surface area contributed by atoms with E-state index in [0.717, 1.165) is 31.6 Å². The van der Waals surface area contributed by atoms with Gasteiger partial charge < -0.3 is 10.1 Å². The second kappa shape index (κ2) is 9.06. The van der Waals surface area contributed by atoms with Crippen molar-refractivity contribution in [2.75, 3.05) is 26.0 Å². The van der Waals surface area contributed by atoms with Crippen molar-refractivity contribution >= 4 is 10.8 Å². The average Bonchev–Trinajstić information content (AvgIpc) is 2.37. The zero-order valence-electron chi connectivity index (χ0n) is 11.2. The minimum atomic E-state index is -0.684. The molecule has 102 valence electrons. The number of nitrogens with one attached hydrogen (secondary N) is 1. The second-order valence-corrected chi connectivity index (χ2v) is 6.68. The fourth-order valence-corrected chi connectivity index (χ4v) is 4.12. The van der Waals surface area contributed by atoms with Crippen LogP contribution in [0, 0.1) is 0 Å². The highest BCUT2D eigenvalue weighted by Crippen LogP contribution is 2.22. The fourth-order valence-electron chi connectivity index (χ4n) is 2.38. The van der Waals surface area contributed by atoms with Gasteiger partial charge in [0.05, 0.1) is 6.61 Å². The lowest BCUT2D eigenvalue weighted by molar-refractivity contribution is 0.173. The van der Waals surface area contributed by atoms with E-state index in [-0.39, 0.29) is 6.04 Å². The van der Waals surface area contributed by atoms with Gasteiger partial charge in [0.25, 0.3) is 0 Å². The van der Waals surface area contributed by atoms with Crippen LogP contribution >= 0.6 is 0 Å². The second-order valence-electron chi connectivity index (χ2n) is 4.91. The van der Waals surface area contributed by atoms with E-state index < -0.39 is 10.8 Å². The Morgan fingerprint density at radius 1 is 1.35 bits per heavy atom. The summed E-state index contributed by atoms with van der Waals surface area (Å²) in [4.78, 5) is 0. The fraction of sp³-hybridized carbons (Fsp3) is 1.00. The maximum atomic E-state index is 12.3. The Morgan fingerprint density at radius 3 is 2.65 bits per heavy atom. The molecule has 1 aliphatic carbocycles. The van der Waals surface area contributed by atoms with Gasteiger partial charge in [0.15, 0.2) is 0 Å². The third kappa shape index (κ3) is 5.98. The molecule has 0 aromatic carbocycles. The molecule has 0 bridgehead atoms. The van der Waals surface area contributed by atoms with Gasteiger partial charge in [0, 0.05) is 35.0 Å². The summed E-state index contributed by atoms with van der Waals surface area (Å²) < 4.78 is 17.5. The van der Waals surface area contributed by atoms with Crippen molar-refractivity contribution in [3.8, 4) is 0 Å².